The van der Waals surface area contributed by atoms with E-state index in [9.17, 15) is 18.0 Å². The number of alkyl halides is 3. The number of nitrogens with zero attached hydrogens (tertiary/aromatic N) is 3. The summed E-state index contributed by atoms with van der Waals surface area (Å²) in [5.41, 5.74) is 7.46. The first-order valence-corrected chi connectivity index (χ1v) is 11.2. The summed E-state index contributed by atoms with van der Waals surface area (Å²) in [6.07, 6.45) is -2.84. The molecular formula is C25H27F3N4O2. The fraction of sp³-hybridized carbons (Fsp3) is 0.400. The molecule has 6 nitrogen and oxygen atoms in total. The van der Waals surface area contributed by atoms with Gasteiger partial charge in [-0.1, -0.05) is 6.92 Å². The third-order valence-corrected chi connectivity index (χ3v) is 6.36. The minimum Gasteiger partial charge on any atom is -0.383 e. The lowest BCUT2D eigenvalue weighted by Gasteiger charge is -2.34. The molecule has 1 aliphatic rings. The van der Waals surface area contributed by atoms with Crippen LogP contribution in [0.4, 0.5) is 19.0 Å². The van der Waals surface area contributed by atoms with Gasteiger partial charge in [-0.05, 0) is 67.1 Å². The Balaban J connectivity index is 1.63. The molecule has 180 valence electrons. The first-order valence-electron chi connectivity index (χ1n) is 11.2. The Morgan fingerprint density at radius 2 is 2.03 bits per heavy atom. The van der Waals surface area contributed by atoms with Crippen molar-refractivity contribution >= 4 is 22.6 Å². The van der Waals surface area contributed by atoms with Crippen molar-refractivity contribution in [2.75, 3.05) is 25.5 Å². The number of nitrogen functional groups attached to an aromatic ring is 1. The van der Waals surface area contributed by atoms with Crippen LogP contribution in [-0.2, 0) is 17.5 Å². The highest BCUT2D eigenvalue weighted by Crippen LogP contribution is 2.29. The van der Waals surface area contributed by atoms with E-state index in [-0.39, 0.29) is 24.3 Å². The zero-order valence-corrected chi connectivity index (χ0v) is 19.1. The highest BCUT2D eigenvalue weighted by molar-refractivity contribution is 5.98. The normalized spacial score (nSPS) is 18.7. The van der Waals surface area contributed by atoms with Crippen LogP contribution in [0.15, 0.2) is 42.6 Å². The molecule has 1 fully saturated rings. The minimum absolute atomic E-state index is 0.109. The van der Waals surface area contributed by atoms with Crippen molar-refractivity contribution in [1.29, 1.82) is 0 Å². The fourth-order valence-corrected chi connectivity index (χ4v) is 4.19. The second-order valence-corrected chi connectivity index (χ2v) is 8.92. The number of aryl methyl sites for hydroxylation is 1. The van der Waals surface area contributed by atoms with E-state index in [1.54, 1.807) is 23.1 Å². The summed E-state index contributed by atoms with van der Waals surface area (Å²) in [5, 5.41) is 0.796. The highest BCUT2D eigenvalue weighted by Gasteiger charge is 2.31. The second-order valence-electron chi connectivity index (χ2n) is 8.92. The number of rotatable bonds is 5. The van der Waals surface area contributed by atoms with Gasteiger partial charge in [0.1, 0.15) is 5.82 Å². The Morgan fingerprint density at radius 3 is 2.71 bits per heavy atom. The third kappa shape index (κ3) is 5.30. The number of hydrogen-bond donors (Lipinski definition) is 1. The van der Waals surface area contributed by atoms with E-state index in [1.807, 2.05) is 13.0 Å². The number of carbonyl (C=O) groups is 1. The first-order chi connectivity index (χ1) is 16.1. The molecule has 1 aromatic carbocycles. The van der Waals surface area contributed by atoms with Crippen LogP contribution in [0.5, 0.6) is 0 Å². The predicted octanol–water partition coefficient (Wildman–Crippen LogP) is 4.85. The van der Waals surface area contributed by atoms with E-state index in [4.69, 9.17) is 10.5 Å². The monoisotopic (exact) mass is 472 g/mol. The number of fused-ring (bicyclic) bond motifs is 1. The van der Waals surface area contributed by atoms with Crippen LogP contribution in [0.25, 0.3) is 10.9 Å². The van der Waals surface area contributed by atoms with Crippen LogP contribution in [0.1, 0.15) is 40.5 Å². The molecule has 3 heterocycles. The van der Waals surface area contributed by atoms with Crippen LogP contribution in [0.3, 0.4) is 0 Å². The van der Waals surface area contributed by atoms with E-state index in [1.165, 1.54) is 6.07 Å². The number of carbonyl (C=O) groups excluding carboxylic acids is 1. The predicted molar refractivity (Wildman–Crippen MR) is 123 cm³/mol. The van der Waals surface area contributed by atoms with Crippen LogP contribution in [0.2, 0.25) is 0 Å². The summed E-state index contributed by atoms with van der Waals surface area (Å²) in [6, 6.07) is 9.44. The minimum atomic E-state index is -4.46. The lowest BCUT2D eigenvalue weighted by Crippen LogP contribution is -2.40. The molecule has 0 aliphatic carbocycles. The van der Waals surface area contributed by atoms with Gasteiger partial charge in [0.05, 0.1) is 23.3 Å². The van der Waals surface area contributed by atoms with Crippen LogP contribution in [0, 0.1) is 18.8 Å². The van der Waals surface area contributed by atoms with Gasteiger partial charge in [0.25, 0.3) is 5.91 Å². The van der Waals surface area contributed by atoms with Crippen LogP contribution in [-0.4, -0.2) is 40.5 Å². The number of anilines is 1. The summed E-state index contributed by atoms with van der Waals surface area (Å²) in [7, 11) is 0. The first kappa shape index (κ1) is 23.9. The Morgan fingerprint density at radius 1 is 1.24 bits per heavy atom. The number of halogens is 3. The number of nitrogens with two attached hydrogens (primary N) is 1. The molecule has 3 aromatic rings. The second kappa shape index (κ2) is 9.58. The van der Waals surface area contributed by atoms with Gasteiger partial charge in [0, 0.05) is 36.9 Å². The molecule has 1 amide bonds. The molecule has 0 bridgehead atoms. The molecule has 0 radical (unpaired) electrons. The van der Waals surface area contributed by atoms with Crippen molar-refractivity contribution in [1.82, 2.24) is 14.9 Å². The molecule has 2 atom stereocenters. The molecular weight excluding hydrogens is 445 g/mol. The number of benzene rings is 1. The average Bonchev–Trinajstić information content (AvgIpc) is 2.80. The van der Waals surface area contributed by atoms with E-state index in [0.717, 1.165) is 29.6 Å². The van der Waals surface area contributed by atoms with Crippen molar-refractivity contribution in [3.05, 3.63) is 65.0 Å². The lowest BCUT2D eigenvalue weighted by atomic mass is 9.89. The molecule has 1 aliphatic heterocycles. The summed E-state index contributed by atoms with van der Waals surface area (Å²) >= 11 is 0. The highest BCUT2D eigenvalue weighted by atomic mass is 19.4. The Hall–Kier alpha value is -3.20. The van der Waals surface area contributed by atoms with Gasteiger partial charge in [-0.15, -0.1) is 0 Å². The summed E-state index contributed by atoms with van der Waals surface area (Å²) < 4.78 is 44.3. The Kier molecular flexibility index (Phi) is 6.74. The molecule has 2 aromatic heterocycles. The van der Waals surface area contributed by atoms with Crippen molar-refractivity contribution in [2.45, 2.75) is 33.0 Å². The largest absolute Gasteiger partial charge is 0.417 e. The van der Waals surface area contributed by atoms with Crippen molar-refractivity contribution < 1.29 is 22.7 Å². The topological polar surface area (TPSA) is 81.3 Å². The number of pyridine rings is 2. The zero-order chi connectivity index (χ0) is 24.5. The van der Waals surface area contributed by atoms with Crippen molar-refractivity contribution in [3.63, 3.8) is 0 Å². The van der Waals surface area contributed by atoms with Gasteiger partial charge in [0.2, 0.25) is 0 Å². The van der Waals surface area contributed by atoms with Gasteiger partial charge in [-0.25, -0.2) is 4.98 Å². The Labute approximate surface area is 195 Å². The quantitative estimate of drug-likeness (QED) is 0.574. The number of amides is 1. The standard InChI is InChI=1S/C25H27F3N4O2/c1-15-9-19-10-17(3-6-22(19)31-23(15)29)24(33)32(12-18-7-8-34-14-16(18)2)13-21-5-4-20(11-30-21)25(26,27)28/h3-6,9-11,16,18H,7-8,12-14H2,1-2H3,(H2,29,31)/t16-,18+/m0/s1. The van der Waals surface area contributed by atoms with Gasteiger partial charge >= 0.3 is 6.18 Å². The van der Waals surface area contributed by atoms with E-state index < -0.39 is 11.7 Å². The maximum Gasteiger partial charge on any atom is 0.417 e. The summed E-state index contributed by atoms with van der Waals surface area (Å²) in [6.45, 7) is 5.75. The Bertz CT molecular complexity index is 1180. The van der Waals surface area contributed by atoms with Gasteiger partial charge in [0.15, 0.2) is 0 Å². The van der Waals surface area contributed by atoms with Gasteiger partial charge < -0.3 is 15.4 Å². The number of hydrogen-bond acceptors (Lipinski definition) is 5. The molecule has 4 rings (SSSR count). The van der Waals surface area contributed by atoms with Crippen molar-refractivity contribution in [3.8, 4) is 0 Å². The maximum atomic E-state index is 13.6. The zero-order valence-electron chi connectivity index (χ0n) is 19.1. The number of ether oxygens (including phenoxy) is 1. The van der Waals surface area contributed by atoms with Crippen LogP contribution >= 0.6 is 0 Å². The average molecular weight is 473 g/mol. The molecule has 1 saturated heterocycles. The van der Waals surface area contributed by atoms with Crippen LogP contribution < -0.4 is 5.73 Å². The molecule has 0 saturated carbocycles. The number of aromatic nitrogens is 2. The molecule has 0 spiro atoms. The lowest BCUT2D eigenvalue weighted by molar-refractivity contribution is -0.137. The summed E-state index contributed by atoms with van der Waals surface area (Å²) in [4.78, 5) is 23.6. The van der Waals surface area contributed by atoms with Gasteiger partial charge in [-0.2, -0.15) is 13.2 Å². The van der Waals surface area contributed by atoms with E-state index in [2.05, 4.69) is 16.9 Å². The summed E-state index contributed by atoms with van der Waals surface area (Å²) in [5.74, 6) is 0.708. The fourth-order valence-electron chi connectivity index (χ4n) is 4.19. The van der Waals surface area contributed by atoms with Crippen molar-refractivity contribution in [2.24, 2.45) is 11.8 Å². The molecule has 2 N–H and O–H groups in total. The SMILES string of the molecule is Cc1cc2cc(C(=O)N(Cc3ccc(C(F)(F)F)cn3)C[C@H]3CCOC[C@@H]3C)ccc2nc1N. The van der Waals surface area contributed by atoms with Gasteiger partial charge in [-0.3, -0.25) is 9.78 Å². The third-order valence-electron chi connectivity index (χ3n) is 6.36. The molecule has 9 heteroatoms. The maximum absolute atomic E-state index is 13.6. The van der Waals surface area contributed by atoms with E-state index in [0.29, 0.717) is 42.4 Å². The molecule has 0 unspecified atom stereocenters. The molecule has 34 heavy (non-hydrogen) atoms. The smallest absolute Gasteiger partial charge is 0.383 e. The van der Waals surface area contributed by atoms with E-state index >= 15 is 0 Å².